The normalized spacial score (nSPS) is 45.7. The zero-order chi connectivity index (χ0) is 6.27. The molecule has 3 fully saturated rings. The summed E-state index contributed by atoms with van der Waals surface area (Å²) in [5.74, 6) is 2.30. The van der Waals surface area contributed by atoms with E-state index in [0.717, 1.165) is 11.8 Å². The molecule has 3 heterocycles. The maximum absolute atomic E-state index is 2.48. The molecule has 2 bridgehead atoms. The Hall–Kier alpha value is 0.730. The van der Waals surface area contributed by atoms with Crippen LogP contribution in [-0.4, -0.2) is 13.3 Å². The van der Waals surface area contributed by atoms with Crippen LogP contribution in [0.2, 0.25) is 0 Å². The first-order valence-corrected chi connectivity index (χ1v) is 8.51. The summed E-state index contributed by atoms with van der Waals surface area (Å²) in [6, 6.07) is 0. The van der Waals surface area contributed by atoms with Gasteiger partial charge in [-0.05, 0) is 0 Å². The molecule has 9 heavy (non-hydrogen) atoms. The topological polar surface area (TPSA) is 0 Å². The summed E-state index contributed by atoms with van der Waals surface area (Å²) in [6.45, 7) is 2.48. The quantitative estimate of drug-likeness (QED) is 0.449. The van der Waals surface area contributed by atoms with Crippen molar-refractivity contribution < 1.29 is 0 Å². The van der Waals surface area contributed by atoms with Crippen LogP contribution in [0.1, 0.15) is 19.8 Å². The van der Waals surface area contributed by atoms with E-state index in [4.69, 9.17) is 0 Å². The molecule has 0 saturated carbocycles. The van der Waals surface area contributed by atoms with Crippen molar-refractivity contribution in [3.05, 3.63) is 0 Å². The van der Waals surface area contributed by atoms with Gasteiger partial charge in [-0.2, -0.15) is 0 Å². The zero-order valence-electron chi connectivity index (χ0n) is 6.07. The molecule has 0 N–H and O–H groups in total. The van der Waals surface area contributed by atoms with Crippen molar-refractivity contribution in [1.82, 2.24) is 0 Å². The number of fused-ring (bicyclic) bond motifs is 3. The van der Waals surface area contributed by atoms with E-state index in [9.17, 15) is 0 Å². The van der Waals surface area contributed by atoms with Gasteiger partial charge in [0, 0.05) is 0 Å². The first-order valence-electron chi connectivity index (χ1n) is 3.94. The minimum absolute atomic E-state index is 0.254. The fourth-order valence-electron chi connectivity index (χ4n) is 2.02. The van der Waals surface area contributed by atoms with Crippen LogP contribution in [0.5, 0.6) is 0 Å². The average Bonchev–Trinajstić information content (AvgIpc) is 1.90. The second-order valence-corrected chi connectivity index (χ2v) is 9.69. The molecule has 0 amide bonds. The van der Waals surface area contributed by atoms with Gasteiger partial charge in [0.05, 0.1) is 0 Å². The van der Waals surface area contributed by atoms with Crippen LogP contribution in [0.3, 0.4) is 0 Å². The molecule has 1 atom stereocenters. The van der Waals surface area contributed by atoms with Crippen LogP contribution in [0.15, 0.2) is 0 Å². The average molecular weight is 238 g/mol. The van der Waals surface area contributed by atoms with Gasteiger partial charge in [0.2, 0.25) is 0 Å². The van der Waals surface area contributed by atoms with E-state index >= 15 is 0 Å². The number of hydrogen-bond donors (Lipinski definition) is 0. The third-order valence-electron chi connectivity index (χ3n) is 2.76. The Kier molecular flexibility index (Phi) is 1.72. The third kappa shape index (κ3) is 1.13. The molecular formula is C8H15I. The van der Waals surface area contributed by atoms with Gasteiger partial charge in [0.15, 0.2) is 0 Å². The molecule has 1 heteroatoms. The number of rotatable bonds is 0. The van der Waals surface area contributed by atoms with E-state index < -0.39 is 0 Å². The number of halogens is 1. The van der Waals surface area contributed by atoms with Crippen molar-refractivity contribution in [2.75, 3.05) is 13.3 Å². The molecule has 0 aromatic rings. The molecule has 0 aromatic heterocycles. The van der Waals surface area contributed by atoms with Gasteiger partial charge < -0.3 is 0 Å². The van der Waals surface area contributed by atoms with Crippen LogP contribution >= 0.6 is 19.8 Å². The first kappa shape index (κ1) is 6.44. The van der Waals surface area contributed by atoms with E-state index in [2.05, 4.69) is 6.92 Å². The molecule has 54 valence electrons. The number of alkyl halides is 3. The van der Waals surface area contributed by atoms with Gasteiger partial charge >= 0.3 is 64.7 Å². The van der Waals surface area contributed by atoms with Gasteiger partial charge in [-0.25, -0.2) is 0 Å². The summed E-state index contributed by atoms with van der Waals surface area (Å²) in [7, 11) is 0. The molecule has 3 aliphatic rings. The molecule has 1 unspecified atom stereocenters. The Balaban J connectivity index is 2.06. The van der Waals surface area contributed by atoms with E-state index in [-0.39, 0.29) is 19.8 Å². The number of hydrogen-bond acceptors (Lipinski definition) is 0. The van der Waals surface area contributed by atoms with Crippen LogP contribution in [0.4, 0.5) is 0 Å². The Morgan fingerprint density at radius 3 is 2.11 bits per heavy atom. The molecule has 0 spiro atoms. The molecular weight excluding hydrogens is 223 g/mol. The summed E-state index contributed by atoms with van der Waals surface area (Å²) in [5.41, 5.74) is 0. The summed E-state index contributed by atoms with van der Waals surface area (Å²) in [5, 5.41) is 0. The molecule has 3 saturated heterocycles. The second-order valence-electron chi connectivity index (χ2n) is 3.41. The van der Waals surface area contributed by atoms with Gasteiger partial charge in [-0.15, -0.1) is 0 Å². The Bertz CT molecular complexity index is 103. The van der Waals surface area contributed by atoms with Gasteiger partial charge in [-0.1, -0.05) is 0 Å². The van der Waals surface area contributed by atoms with Gasteiger partial charge in [-0.3, -0.25) is 0 Å². The molecule has 0 radical (unpaired) electrons. The van der Waals surface area contributed by atoms with Crippen molar-refractivity contribution in [2.24, 2.45) is 11.8 Å². The first-order chi connectivity index (χ1) is 4.36. The van der Waals surface area contributed by atoms with E-state index in [1.165, 1.54) is 0 Å². The SMILES string of the molecule is CC1CI2CCC1CC2. The fraction of sp³-hybridized carbons (Fsp3) is 1.00. The van der Waals surface area contributed by atoms with Gasteiger partial charge in [0.1, 0.15) is 0 Å². The molecule has 0 aromatic carbocycles. The van der Waals surface area contributed by atoms with E-state index in [0.29, 0.717) is 0 Å². The van der Waals surface area contributed by atoms with Gasteiger partial charge in [0.25, 0.3) is 0 Å². The van der Waals surface area contributed by atoms with Crippen LogP contribution in [0, 0.1) is 11.8 Å². The maximum atomic E-state index is 2.48. The summed E-state index contributed by atoms with van der Waals surface area (Å²) in [4.78, 5) is 0. The molecule has 0 nitrogen and oxygen atoms in total. The summed E-state index contributed by atoms with van der Waals surface area (Å²) in [6.07, 6.45) is 3.23. The van der Waals surface area contributed by atoms with Crippen LogP contribution < -0.4 is 0 Å². The molecule has 0 aliphatic carbocycles. The summed E-state index contributed by atoms with van der Waals surface area (Å²) < 4.78 is 5.12. The van der Waals surface area contributed by atoms with Crippen molar-refractivity contribution in [3.63, 3.8) is 0 Å². The van der Waals surface area contributed by atoms with Crippen LogP contribution in [0.25, 0.3) is 0 Å². The van der Waals surface area contributed by atoms with E-state index in [1.54, 1.807) is 26.1 Å². The van der Waals surface area contributed by atoms with Crippen molar-refractivity contribution >= 4 is 19.8 Å². The third-order valence-corrected chi connectivity index (χ3v) is 9.69. The van der Waals surface area contributed by atoms with Crippen molar-refractivity contribution in [2.45, 2.75) is 19.8 Å². The minimum atomic E-state index is -0.254. The fourth-order valence-corrected chi connectivity index (χ4v) is 9.49. The molecule has 3 rings (SSSR count). The van der Waals surface area contributed by atoms with E-state index in [1.807, 2.05) is 0 Å². The van der Waals surface area contributed by atoms with Crippen LogP contribution in [-0.2, 0) is 0 Å². The Labute approximate surface area is 64.8 Å². The monoisotopic (exact) mass is 238 g/mol. The summed E-state index contributed by atoms with van der Waals surface area (Å²) >= 11 is -0.254. The van der Waals surface area contributed by atoms with Crippen molar-refractivity contribution in [1.29, 1.82) is 0 Å². The zero-order valence-corrected chi connectivity index (χ0v) is 8.23. The predicted octanol–water partition coefficient (Wildman–Crippen LogP) is 2.55. The second kappa shape index (κ2) is 2.40. The standard InChI is InChI=1S/C8H15I/c1-7-6-9-4-2-8(7)3-5-9/h7-8H,2-6H2,1H3. The van der Waals surface area contributed by atoms with Crippen molar-refractivity contribution in [3.8, 4) is 0 Å². The predicted molar refractivity (Wildman–Crippen MR) is 50.5 cm³/mol. The Morgan fingerprint density at radius 2 is 1.89 bits per heavy atom. The molecule has 3 aliphatic heterocycles. The Morgan fingerprint density at radius 1 is 1.22 bits per heavy atom.